The topological polar surface area (TPSA) is 9.23 Å². The molecular formula is C12H36OSi5. The van der Waals surface area contributed by atoms with E-state index in [1.54, 1.807) is 0 Å². The summed E-state index contributed by atoms with van der Waals surface area (Å²) in [4.78, 5) is 0. The third kappa shape index (κ3) is 3.79. The van der Waals surface area contributed by atoms with Gasteiger partial charge in [0, 0.05) is 0 Å². The van der Waals surface area contributed by atoms with Crippen molar-refractivity contribution in [1.82, 2.24) is 0 Å². The quantitative estimate of drug-likeness (QED) is 0.639. The van der Waals surface area contributed by atoms with Crippen LogP contribution in [-0.4, -0.2) is 38.0 Å². The van der Waals surface area contributed by atoms with Crippen LogP contribution in [0.1, 0.15) is 0 Å². The fourth-order valence-electron chi connectivity index (χ4n) is 4.29. The summed E-state index contributed by atoms with van der Waals surface area (Å²) in [5.41, 5.74) is 0. The Kier molecular flexibility index (Phi) is 5.40. The van der Waals surface area contributed by atoms with Crippen LogP contribution < -0.4 is 0 Å². The van der Waals surface area contributed by atoms with E-state index in [0.29, 0.717) is 0 Å². The highest BCUT2D eigenvalue weighted by molar-refractivity contribution is 7.87. The van der Waals surface area contributed by atoms with Gasteiger partial charge in [-0.05, 0) is 19.6 Å². The molecular weight excluding hydrogens is 301 g/mol. The van der Waals surface area contributed by atoms with Gasteiger partial charge in [0.25, 0.3) is 0 Å². The third-order valence-electron chi connectivity index (χ3n) is 3.63. The molecule has 0 aromatic carbocycles. The second-order valence-corrected chi connectivity index (χ2v) is 53.9. The second-order valence-electron chi connectivity index (χ2n) is 9.65. The first kappa shape index (κ1) is 19.0. The van der Waals surface area contributed by atoms with Crippen molar-refractivity contribution in [1.29, 1.82) is 0 Å². The predicted octanol–water partition coefficient (Wildman–Crippen LogP) is 5.03. The maximum Gasteiger partial charge on any atom is 0.169 e. The summed E-state index contributed by atoms with van der Waals surface area (Å²) in [5.74, 6) is 0. The van der Waals surface area contributed by atoms with Gasteiger partial charge >= 0.3 is 0 Å². The molecule has 0 bridgehead atoms. The van der Waals surface area contributed by atoms with Crippen molar-refractivity contribution < 1.29 is 4.12 Å². The fourth-order valence-corrected chi connectivity index (χ4v) is 116. The Labute approximate surface area is 120 Å². The van der Waals surface area contributed by atoms with E-state index in [-0.39, 0.29) is 0 Å². The lowest BCUT2D eigenvalue weighted by Crippen LogP contribution is -2.85. The van der Waals surface area contributed by atoms with Crippen molar-refractivity contribution in [3.63, 3.8) is 0 Å². The summed E-state index contributed by atoms with van der Waals surface area (Å²) >= 11 is 0. The number of hydrogen-bond donors (Lipinski definition) is 0. The molecule has 0 aliphatic carbocycles. The van der Waals surface area contributed by atoms with E-state index < -0.39 is 38.0 Å². The molecule has 0 aromatic heterocycles. The van der Waals surface area contributed by atoms with Gasteiger partial charge < -0.3 is 4.12 Å². The predicted molar refractivity (Wildman–Crippen MR) is 100 cm³/mol. The highest BCUT2D eigenvalue weighted by atomic mass is 29.9. The normalized spacial score (nSPS) is 16.0. The summed E-state index contributed by atoms with van der Waals surface area (Å²) in [7, 11) is -5.18. The Morgan fingerprint density at radius 2 is 0.667 bits per heavy atom. The Morgan fingerprint density at radius 1 is 0.444 bits per heavy atom. The van der Waals surface area contributed by atoms with Crippen LogP contribution in [0.2, 0.25) is 78.6 Å². The lowest BCUT2D eigenvalue weighted by atomic mass is 11.8. The Bertz CT molecular complexity index is 252. The first-order valence-electron chi connectivity index (χ1n) is 7.16. The van der Waals surface area contributed by atoms with E-state index in [1.165, 1.54) is 0 Å². The van der Waals surface area contributed by atoms with Gasteiger partial charge in [-0.1, -0.05) is 58.9 Å². The highest BCUT2D eigenvalue weighted by Gasteiger charge is 2.64. The van der Waals surface area contributed by atoms with Crippen molar-refractivity contribution in [2.45, 2.75) is 78.6 Å². The van der Waals surface area contributed by atoms with Crippen LogP contribution in [0, 0.1) is 0 Å². The zero-order valence-electron chi connectivity index (χ0n) is 14.9. The van der Waals surface area contributed by atoms with E-state index in [2.05, 4.69) is 78.6 Å². The van der Waals surface area contributed by atoms with E-state index in [0.717, 1.165) is 0 Å². The molecule has 0 radical (unpaired) electrons. The average Bonchev–Trinajstić information content (AvgIpc) is 1.90. The Balaban J connectivity index is 6.10. The van der Waals surface area contributed by atoms with Gasteiger partial charge in [-0.3, -0.25) is 0 Å². The zero-order valence-corrected chi connectivity index (χ0v) is 19.9. The van der Waals surface area contributed by atoms with Crippen LogP contribution in [-0.2, 0) is 4.12 Å². The summed E-state index contributed by atoms with van der Waals surface area (Å²) in [6.45, 7) is 29.0. The molecule has 110 valence electrons. The first-order valence-corrected chi connectivity index (χ1v) is 26.0. The van der Waals surface area contributed by atoms with Crippen molar-refractivity contribution in [3.8, 4) is 0 Å². The van der Waals surface area contributed by atoms with Gasteiger partial charge in [0.2, 0.25) is 0 Å². The highest BCUT2D eigenvalue weighted by Crippen LogP contribution is 2.39. The zero-order chi connectivity index (χ0) is 15.2. The molecule has 0 spiro atoms. The van der Waals surface area contributed by atoms with Gasteiger partial charge in [0.05, 0.1) is 22.8 Å². The van der Waals surface area contributed by atoms with Crippen molar-refractivity contribution in [2.24, 2.45) is 0 Å². The smallest absolute Gasteiger partial charge is 0.169 e. The third-order valence-corrected chi connectivity index (χ3v) is 75.9. The molecule has 0 saturated carbocycles. The standard InChI is InChI=1S/C12H36OSi5/c1-14(2,3)13-18(15(4,5)6,16(7,8)9)17(10,11)12/h1-12H3. The molecule has 0 aromatic rings. The fraction of sp³-hybridized carbons (Fsp3) is 1.00. The van der Waals surface area contributed by atoms with Gasteiger partial charge in [0.1, 0.15) is 6.87 Å². The summed E-state index contributed by atoms with van der Waals surface area (Å²) < 4.78 is 7.18. The molecule has 6 heteroatoms. The molecule has 0 amide bonds. The van der Waals surface area contributed by atoms with Crippen molar-refractivity contribution >= 4 is 38.0 Å². The Hall–Kier alpha value is 1.04. The van der Waals surface area contributed by atoms with Gasteiger partial charge in [-0.2, -0.15) is 0 Å². The summed E-state index contributed by atoms with van der Waals surface area (Å²) in [6.07, 6.45) is 0. The minimum Gasteiger partial charge on any atom is -0.462 e. The van der Waals surface area contributed by atoms with Gasteiger partial charge in [0.15, 0.2) is 8.32 Å². The van der Waals surface area contributed by atoms with E-state index in [1.807, 2.05) is 0 Å². The maximum atomic E-state index is 7.18. The van der Waals surface area contributed by atoms with Crippen molar-refractivity contribution in [3.05, 3.63) is 0 Å². The monoisotopic (exact) mass is 336 g/mol. The molecule has 0 heterocycles. The average molecular weight is 337 g/mol. The largest absolute Gasteiger partial charge is 0.462 e. The van der Waals surface area contributed by atoms with Gasteiger partial charge in [-0.25, -0.2) is 0 Å². The molecule has 0 atom stereocenters. The minimum atomic E-state index is -1.56. The van der Waals surface area contributed by atoms with Crippen LogP contribution in [0.4, 0.5) is 0 Å². The van der Waals surface area contributed by atoms with Crippen LogP contribution in [0.15, 0.2) is 0 Å². The molecule has 0 N–H and O–H groups in total. The van der Waals surface area contributed by atoms with Crippen LogP contribution in [0.5, 0.6) is 0 Å². The van der Waals surface area contributed by atoms with E-state index in [9.17, 15) is 0 Å². The van der Waals surface area contributed by atoms with Crippen LogP contribution in [0.25, 0.3) is 0 Å². The van der Waals surface area contributed by atoms with Crippen molar-refractivity contribution in [2.75, 3.05) is 0 Å². The molecule has 0 aliphatic rings. The summed E-state index contributed by atoms with van der Waals surface area (Å²) in [5, 5.41) is 0. The Morgan fingerprint density at radius 3 is 0.722 bits per heavy atom. The van der Waals surface area contributed by atoms with Crippen LogP contribution >= 0.6 is 0 Å². The van der Waals surface area contributed by atoms with E-state index >= 15 is 0 Å². The van der Waals surface area contributed by atoms with E-state index in [4.69, 9.17) is 4.12 Å². The lowest BCUT2D eigenvalue weighted by Gasteiger charge is -2.58. The molecule has 0 saturated heterocycles. The molecule has 0 unspecified atom stereocenters. The number of hydrogen-bond acceptors (Lipinski definition) is 1. The molecule has 18 heavy (non-hydrogen) atoms. The number of rotatable bonds is 5. The molecule has 0 aliphatic heterocycles. The lowest BCUT2D eigenvalue weighted by molar-refractivity contribution is 0.589. The molecule has 0 rings (SSSR count). The first-order chi connectivity index (χ1) is 7.46. The van der Waals surface area contributed by atoms with Crippen LogP contribution in [0.3, 0.4) is 0 Å². The minimum absolute atomic E-state index is 1.24. The summed E-state index contributed by atoms with van der Waals surface area (Å²) in [6, 6.07) is 0. The maximum absolute atomic E-state index is 7.18. The SMILES string of the molecule is C[Si](C)(C)O[Si]([Si](C)(C)C)([Si](C)(C)C)[Si](C)(C)C. The molecule has 0 fully saturated rings. The molecule has 1 nitrogen and oxygen atoms in total. The van der Waals surface area contributed by atoms with Gasteiger partial charge in [-0.15, -0.1) is 0 Å². The second kappa shape index (κ2) is 5.11.